The van der Waals surface area contributed by atoms with Gasteiger partial charge in [0.05, 0.1) is 6.61 Å². The van der Waals surface area contributed by atoms with Crippen LogP contribution in [0.2, 0.25) is 0 Å². The van der Waals surface area contributed by atoms with E-state index in [1.807, 2.05) is 6.92 Å². The summed E-state index contributed by atoms with van der Waals surface area (Å²) in [6.07, 6.45) is 6.14. The van der Waals surface area contributed by atoms with Crippen LogP contribution in [-0.4, -0.2) is 25.1 Å². The maximum Gasteiger partial charge on any atom is 0.330 e. The fourth-order valence-corrected chi connectivity index (χ4v) is 0.262. The van der Waals surface area contributed by atoms with Crippen molar-refractivity contribution in [2.45, 2.75) is 13.3 Å². The van der Waals surface area contributed by atoms with E-state index in [1.54, 1.807) is 21.6 Å². The van der Waals surface area contributed by atoms with Crippen molar-refractivity contribution in [2.75, 3.05) is 19.1 Å². The molecular formula is C8H16O2S2. The van der Waals surface area contributed by atoms with E-state index >= 15 is 0 Å². The van der Waals surface area contributed by atoms with Crippen molar-refractivity contribution < 1.29 is 9.53 Å². The van der Waals surface area contributed by atoms with Gasteiger partial charge in [0.2, 0.25) is 0 Å². The molecule has 0 N–H and O–H groups in total. The Labute approximate surface area is 82.5 Å². The van der Waals surface area contributed by atoms with E-state index in [9.17, 15) is 4.79 Å². The third-order valence-corrected chi connectivity index (χ3v) is 2.12. The molecule has 0 saturated heterocycles. The summed E-state index contributed by atoms with van der Waals surface area (Å²) in [4.78, 5) is 10.2. The molecule has 0 fully saturated rings. The molecule has 0 saturated carbocycles. The summed E-state index contributed by atoms with van der Waals surface area (Å²) in [5, 5.41) is 0. The Morgan fingerprint density at radius 1 is 1.50 bits per heavy atom. The van der Waals surface area contributed by atoms with E-state index in [2.05, 4.69) is 23.8 Å². The predicted molar refractivity (Wildman–Crippen MR) is 58.5 cm³/mol. The van der Waals surface area contributed by atoms with Crippen molar-refractivity contribution in [3.63, 3.8) is 0 Å². The van der Waals surface area contributed by atoms with Gasteiger partial charge in [-0.2, -0.15) is 0 Å². The van der Waals surface area contributed by atoms with Gasteiger partial charge < -0.3 is 4.74 Å². The molecule has 72 valence electrons. The van der Waals surface area contributed by atoms with Crippen LogP contribution >= 0.6 is 21.6 Å². The molecule has 2 nitrogen and oxygen atoms in total. The van der Waals surface area contributed by atoms with Crippen molar-refractivity contribution in [2.24, 2.45) is 0 Å². The van der Waals surface area contributed by atoms with Gasteiger partial charge in [-0.1, -0.05) is 35.1 Å². The topological polar surface area (TPSA) is 26.3 Å². The second-order valence-corrected chi connectivity index (χ2v) is 4.37. The standard InChI is InChI=1S/C6H10O2.C2H6S2/c1-3-5-8-6(7)4-2;1-3-4-2/h4H,2-3,5H2,1H3;1-2H3. The number of carbonyl (C=O) groups is 1. The first kappa shape index (κ1) is 14.4. The number of hydrogen-bond donors (Lipinski definition) is 0. The molecule has 0 bridgehead atoms. The molecule has 0 unspecified atom stereocenters. The lowest BCUT2D eigenvalue weighted by molar-refractivity contribution is -0.137. The Bertz CT molecular complexity index is 114. The molecule has 0 aromatic rings. The smallest absolute Gasteiger partial charge is 0.330 e. The number of rotatable bonds is 4. The highest BCUT2D eigenvalue weighted by Gasteiger charge is 1.89. The molecule has 12 heavy (non-hydrogen) atoms. The minimum atomic E-state index is -0.341. The lowest BCUT2D eigenvalue weighted by Crippen LogP contribution is -1.99. The van der Waals surface area contributed by atoms with E-state index < -0.39 is 0 Å². The first-order chi connectivity index (χ1) is 5.72. The summed E-state index contributed by atoms with van der Waals surface area (Å²) in [5.41, 5.74) is 0. The van der Waals surface area contributed by atoms with Crippen LogP contribution in [0.25, 0.3) is 0 Å². The molecular weight excluding hydrogens is 192 g/mol. The SMILES string of the molecule is C=CC(=O)OCCC.CSSC. The number of hydrogen-bond acceptors (Lipinski definition) is 4. The Morgan fingerprint density at radius 2 is 2.00 bits per heavy atom. The Kier molecular flexibility index (Phi) is 16.2. The van der Waals surface area contributed by atoms with Crippen molar-refractivity contribution >= 4 is 27.6 Å². The summed E-state index contributed by atoms with van der Waals surface area (Å²) in [6, 6.07) is 0. The monoisotopic (exact) mass is 208 g/mol. The van der Waals surface area contributed by atoms with Crippen LogP contribution in [-0.2, 0) is 9.53 Å². The first-order valence-corrected chi connectivity index (χ1v) is 6.55. The fraction of sp³-hybridized carbons (Fsp3) is 0.625. The zero-order valence-electron chi connectivity index (χ0n) is 7.83. The molecule has 0 spiro atoms. The minimum Gasteiger partial charge on any atom is -0.463 e. The molecule has 0 radical (unpaired) electrons. The summed E-state index contributed by atoms with van der Waals surface area (Å²) >= 11 is 0. The number of ether oxygens (including phenoxy) is 1. The normalized spacial score (nSPS) is 7.92. The van der Waals surface area contributed by atoms with Crippen LogP contribution in [0.1, 0.15) is 13.3 Å². The average molecular weight is 208 g/mol. The average Bonchev–Trinajstić information content (AvgIpc) is 2.14. The molecule has 0 heterocycles. The van der Waals surface area contributed by atoms with E-state index in [-0.39, 0.29) is 5.97 Å². The van der Waals surface area contributed by atoms with Gasteiger partial charge in [-0.05, 0) is 18.9 Å². The van der Waals surface area contributed by atoms with Crippen LogP contribution in [0.15, 0.2) is 12.7 Å². The van der Waals surface area contributed by atoms with Crippen molar-refractivity contribution in [3.05, 3.63) is 12.7 Å². The molecule has 4 heteroatoms. The van der Waals surface area contributed by atoms with E-state index in [1.165, 1.54) is 0 Å². The van der Waals surface area contributed by atoms with E-state index in [0.29, 0.717) is 6.61 Å². The Balaban J connectivity index is 0. The molecule has 0 amide bonds. The molecule has 0 aromatic carbocycles. The summed E-state index contributed by atoms with van der Waals surface area (Å²) in [7, 11) is 3.55. The maximum atomic E-state index is 10.2. The zero-order chi connectivity index (χ0) is 9.82. The highest BCUT2D eigenvalue weighted by Crippen LogP contribution is 2.09. The summed E-state index contributed by atoms with van der Waals surface area (Å²) < 4.78 is 4.58. The Morgan fingerprint density at radius 3 is 2.25 bits per heavy atom. The zero-order valence-corrected chi connectivity index (χ0v) is 9.46. The Hall–Kier alpha value is -0.0900. The second-order valence-electron chi connectivity index (χ2n) is 1.70. The molecule has 0 aromatic heterocycles. The largest absolute Gasteiger partial charge is 0.463 e. The van der Waals surface area contributed by atoms with E-state index in [4.69, 9.17) is 0 Å². The van der Waals surface area contributed by atoms with Gasteiger partial charge in [0, 0.05) is 6.08 Å². The molecule has 0 rings (SSSR count). The van der Waals surface area contributed by atoms with Crippen LogP contribution in [0, 0.1) is 0 Å². The predicted octanol–water partition coefficient (Wildman–Crippen LogP) is 2.75. The molecule has 0 aliphatic carbocycles. The quantitative estimate of drug-likeness (QED) is 0.403. The van der Waals surface area contributed by atoms with Gasteiger partial charge in [0.15, 0.2) is 0 Å². The highest BCUT2D eigenvalue weighted by atomic mass is 33.1. The van der Waals surface area contributed by atoms with E-state index in [0.717, 1.165) is 12.5 Å². The van der Waals surface area contributed by atoms with Gasteiger partial charge in [0.25, 0.3) is 0 Å². The van der Waals surface area contributed by atoms with Crippen molar-refractivity contribution in [1.82, 2.24) is 0 Å². The third-order valence-electron chi connectivity index (χ3n) is 0.782. The maximum absolute atomic E-state index is 10.2. The lowest BCUT2D eigenvalue weighted by Gasteiger charge is -1.94. The highest BCUT2D eigenvalue weighted by molar-refractivity contribution is 8.76. The van der Waals surface area contributed by atoms with Gasteiger partial charge in [-0.15, -0.1) is 0 Å². The second kappa shape index (κ2) is 13.5. The van der Waals surface area contributed by atoms with Crippen molar-refractivity contribution in [1.29, 1.82) is 0 Å². The molecule has 0 aliphatic heterocycles. The third kappa shape index (κ3) is 16.5. The number of carbonyl (C=O) groups excluding carboxylic acids is 1. The first-order valence-electron chi connectivity index (χ1n) is 3.58. The van der Waals surface area contributed by atoms with Gasteiger partial charge in [-0.25, -0.2) is 4.79 Å². The summed E-state index contributed by atoms with van der Waals surface area (Å²) in [5.74, 6) is -0.341. The summed E-state index contributed by atoms with van der Waals surface area (Å²) in [6.45, 7) is 5.67. The van der Waals surface area contributed by atoms with Gasteiger partial charge in [-0.3, -0.25) is 0 Å². The fourth-order valence-electron chi connectivity index (χ4n) is 0.262. The van der Waals surface area contributed by atoms with Crippen LogP contribution < -0.4 is 0 Å². The van der Waals surface area contributed by atoms with Crippen LogP contribution in [0.3, 0.4) is 0 Å². The molecule has 0 atom stereocenters. The van der Waals surface area contributed by atoms with Crippen LogP contribution in [0.5, 0.6) is 0 Å². The molecule has 0 aliphatic rings. The van der Waals surface area contributed by atoms with Gasteiger partial charge >= 0.3 is 5.97 Å². The van der Waals surface area contributed by atoms with Gasteiger partial charge in [0.1, 0.15) is 0 Å². The van der Waals surface area contributed by atoms with Crippen molar-refractivity contribution in [3.8, 4) is 0 Å². The van der Waals surface area contributed by atoms with Crippen LogP contribution in [0.4, 0.5) is 0 Å². The lowest BCUT2D eigenvalue weighted by atomic mass is 10.5. The minimum absolute atomic E-state index is 0.341. The number of esters is 1.